The van der Waals surface area contributed by atoms with E-state index in [1.165, 1.54) is 13.0 Å². The predicted octanol–water partition coefficient (Wildman–Crippen LogP) is 2.88. The highest BCUT2D eigenvalue weighted by molar-refractivity contribution is 6.30. The fraction of sp³-hybridized carbons (Fsp3) is 0.529. The summed E-state index contributed by atoms with van der Waals surface area (Å²) in [4.78, 5) is 25.8. The molecule has 0 aliphatic carbocycles. The van der Waals surface area contributed by atoms with Crippen molar-refractivity contribution >= 4 is 23.4 Å². The molecule has 6 heteroatoms. The zero-order valence-electron chi connectivity index (χ0n) is 13.7. The molecule has 1 saturated heterocycles. The van der Waals surface area contributed by atoms with E-state index in [1.807, 2.05) is 0 Å². The van der Waals surface area contributed by atoms with Crippen LogP contribution in [0.25, 0.3) is 0 Å². The van der Waals surface area contributed by atoms with E-state index in [0.29, 0.717) is 23.7 Å². The van der Waals surface area contributed by atoms with Crippen molar-refractivity contribution in [3.05, 3.63) is 34.6 Å². The van der Waals surface area contributed by atoms with Gasteiger partial charge in [0.2, 0.25) is 11.8 Å². The van der Waals surface area contributed by atoms with Crippen molar-refractivity contribution in [1.82, 2.24) is 10.2 Å². The standard InChI is InChI=1S/C17H22ClFN2O2/c1-11(22)20-13-5-4-8-21(10-13)16(23)17(2,3)14-7-6-12(18)9-15(14)19/h6-7,9,13H,4-5,8,10H2,1-3H3,(H,20,22)/t13-/m0/s1. The summed E-state index contributed by atoms with van der Waals surface area (Å²) in [5.74, 6) is -0.729. The van der Waals surface area contributed by atoms with Crippen LogP contribution in [0, 0.1) is 5.82 Å². The quantitative estimate of drug-likeness (QED) is 0.919. The number of carbonyl (C=O) groups is 2. The number of nitrogens with one attached hydrogen (secondary N) is 1. The SMILES string of the molecule is CC(=O)N[C@H]1CCCN(C(=O)C(C)(C)c2ccc(Cl)cc2F)C1. The maximum atomic E-state index is 14.2. The van der Waals surface area contributed by atoms with Gasteiger partial charge in [-0.25, -0.2) is 4.39 Å². The normalized spacial score (nSPS) is 18.7. The smallest absolute Gasteiger partial charge is 0.232 e. The zero-order chi connectivity index (χ0) is 17.2. The van der Waals surface area contributed by atoms with E-state index in [9.17, 15) is 14.0 Å². The van der Waals surface area contributed by atoms with E-state index < -0.39 is 11.2 Å². The first-order valence-electron chi connectivity index (χ1n) is 7.74. The van der Waals surface area contributed by atoms with Crippen LogP contribution >= 0.6 is 11.6 Å². The average molecular weight is 341 g/mol. The van der Waals surface area contributed by atoms with Gasteiger partial charge in [-0.2, -0.15) is 0 Å². The van der Waals surface area contributed by atoms with E-state index in [2.05, 4.69) is 5.32 Å². The van der Waals surface area contributed by atoms with Gasteiger partial charge in [-0.05, 0) is 38.8 Å². The number of rotatable bonds is 3. The maximum absolute atomic E-state index is 14.2. The Morgan fingerprint density at radius 3 is 2.70 bits per heavy atom. The second kappa shape index (κ2) is 6.87. The Labute approximate surface area is 141 Å². The van der Waals surface area contributed by atoms with Crippen LogP contribution in [0.2, 0.25) is 5.02 Å². The van der Waals surface area contributed by atoms with Gasteiger partial charge in [-0.3, -0.25) is 9.59 Å². The van der Waals surface area contributed by atoms with Crippen molar-refractivity contribution in [2.24, 2.45) is 0 Å². The molecule has 2 rings (SSSR count). The molecule has 0 bridgehead atoms. The Hall–Kier alpha value is -1.62. The Morgan fingerprint density at radius 1 is 1.39 bits per heavy atom. The van der Waals surface area contributed by atoms with Gasteiger partial charge in [0.1, 0.15) is 5.82 Å². The second-order valence-electron chi connectivity index (χ2n) is 6.54. The zero-order valence-corrected chi connectivity index (χ0v) is 14.4. The molecule has 0 radical (unpaired) electrons. The van der Waals surface area contributed by atoms with Crippen molar-refractivity contribution in [1.29, 1.82) is 0 Å². The number of halogens is 2. The van der Waals surface area contributed by atoms with E-state index in [4.69, 9.17) is 11.6 Å². The monoisotopic (exact) mass is 340 g/mol. The topological polar surface area (TPSA) is 49.4 Å². The Morgan fingerprint density at radius 2 is 2.09 bits per heavy atom. The molecule has 1 fully saturated rings. The van der Waals surface area contributed by atoms with Crippen LogP contribution in [-0.2, 0) is 15.0 Å². The van der Waals surface area contributed by atoms with Gasteiger partial charge in [-0.15, -0.1) is 0 Å². The molecule has 1 aliphatic heterocycles. The average Bonchev–Trinajstić information content (AvgIpc) is 2.45. The number of carbonyl (C=O) groups excluding carboxylic acids is 2. The molecule has 0 unspecified atom stereocenters. The maximum Gasteiger partial charge on any atom is 0.232 e. The summed E-state index contributed by atoms with van der Waals surface area (Å²) in [5, 5.41) is 3.16. The molecule has 23 heavy (non-hydrogen) atoms. The number of hydrogen-bond donors (Lipinski definition) is 1. The van der Waals surface area contributed by atoms with Crippen LogP contribution in [0.5, 0.6) is 0 Å². The third kappa shape index (κ3) is 4.02. The van der Waals surface area contributed by atoms with Gasteiger partial charge < -0.3 is 10.2 Å². The van der Waals surface area contributed by atoms with Gasteiger partial charge in [0.25, 0.3) is 0 Å². The molecule has 1 aromatic rings. The molecule has 1 aliphatic rings. The molecule has 1 N–H and O–H groups in total. The van der Waals surface area contributed by atoms with Crippen molar-refractivity contribution in [3.8, 4) is 0 Å². The molecule has 0 spiro atoms. The molecular formula is C17H22ClFN2O2. The summed E-state index contributed by atoms with van der Waals surface area (Å²) in [6.07, 6.45) is 1.66. The lowest BCUT2D eigenvalue weighted by Gasteiger charge is -2.38. The lowest BCUT2D eigenvalue weighted by Crippen LogP contribution is -2.53. The minimum Gasteiger partial charge on any atom is -0.352 e. The van der Waals surface area contributed by atoms with Gasteiger partial charge in [-0.1, -0.05) is 17.7 Å². The van der Waals surface area contributed by atoms with Crippen LogP contribution in [0.3, 0.4) is 0 Å². The van der Waals surface area contributed by atoms with E-state index in [-0.39, 0.29) is 17.9 Å². The third-order valence-corrected chi connectivity index (χ3v) is 4.49. The largest absolute Gasteiger partial charge is 0.352 e. The molecule has 1 atom stereocenters. The lowest BCUT2D eigenvalue weighted by atomic mass is 9.82. The molecule has 0 aromatic heterocycles. The Bertz CT molecular complexity index is 619. The molecule has 0 saturated carbocycles. The molecular weight excluding hydrogens is 319 g/mol. The fourth-order valence-corrected chi connectivity index (χ4v) is 3.23. The highest BCUT2D eigenvalue weighted by Gasteiger charge is 2.37. The van der Waals surface area contributed by atoms with E-state index >= 15 is 0 Å². The van der Waals surface area contributed by atoms with E-state index in [1.54, 1.807) is 30.9 Å². The number of amides is 2. The first-order chi connectivity index (χ1) is 10.7. The molecule has 126 valence electrons. The fourth-order valence-electron chi connectivity index (χ4n) is 3.07. The minimum atomic E-state index is -0.993. The van der Waals surface area contributed by atoms with E-state index in [0.717, 1.165) is 12.8 Å². The number of piperidine rings is 1. The number of likely N-dealkylation sites (tertiary alicyclic amines) is 1. The Kier molecular flexibility index (Phi) is 5.30. The number of nitrogens with zero attached hydrogens (tertiary/aromatic N) is 1. The Balaban J connectivity index is 2.18. The number of hydrogen-bond acceptors (Lipinski definition) is 2. The summed E-state index contributed by atoms with van der Waals surface area (Å²) < 4.78 is 14.2. The van der Waals surface area contributed by atoms with Crippen molar-refractivity contribution in [3.63, 3.8) is 0 Å². The lowest BCUT2D eigenvalue weighted by molar-refractivity contribution is -0.138. The van der Waals surface area contributed by atoms with Crippen molar-refractivity contribution in [2.75, 3.05) is 13.1 Å². The molecule has 1 aromatic carbocycles. The van der Waals surface area contributed by atoms with Gasteiger partial charge in [0.05, 0.1) is 5.41 Å². The summed E-state index contributed by atoms with van der Waals surface area (Å²) in [5.41, 5.74) is -0.666. The van der Waals surface area contributed by atoms with Crippen LogP contribution in [0.1, 0.15) is 39.2 Å². The summed E-state index contributed by atoms with van der Waals surface area (Å²) in [6.45, 7) is 5.96. The van der Waals surface area contributed by atoms with Crippen molar-refractivity contribution in [2.45, 2.75) is 45.1 Å². The highest BCUT2D eigenvalue weighted by atomic mass is 35.5. The van der Waals surface area contributed by atoms with Crippen LogP contribution in [-0.4, -0.2) is 35.8 Å². The summed E-state index contributed by atoms with van der Waals surface area (Å²) >= 11 is 5.79. The number of benzene rings is 1. The molecule has 2 amide bonds. The van der Waals surface area contributed by atoms with Crippen LogP contribution in [0.15, 0.2) is 18.2 Å². The first kappa shape index (κ1) is 17.7. The second-order valence-corrected chi connectivity index (χ2v) is 6.98. The van der Waals surface area contributed by atoms with Gasteiger partial charge in [0, 0.05) is 36.6 Å². The molecule has 4 nitrogen and oxygen atoms in total. The summed E-state index contributed by atoms with van der Waals surface area (Å²) in [6, 6.07) is 4.33. The van der Waals surface area contributed by atoms with Crippen LogP contribution in [0.4, 0.5) is 4.39 Å². The van der Waals surface area contributed by atoms with Crippen LogP contribution < -0.4 is 5.32 Å². The summed E-state index contributed by atoms with van der Waals surface area (Å²) in [7, 11) is 0. The first-order valence-corrected chi connectivity index (χ1v) is 8.11. The van der Waals surface area contributed by atoms with Gasteiger partial charge >= 0.3 is 0 Å². The van der Waals surface area contributed by atoms with Gasteiger partial charge in [0.15, 0.2) is 0 Å². The molecule has 1 heterocycles. The minimum absolute atomic E-state index is 0.0453. The highest BCUT2D eigenvalue weighted by Crippen LogP contribution is 2.30. The predicted molar refractivity (Wildman–Crippen MR) is 87.9 cm³/mol. The third-order valence-electron chi connectivity index (χ3n) is 4.26. The van der Waals surface area contributed by atoms with Crippen molar-refractivity contribution < 1.29 is 14.0 Å².